The van der Waals surface area contributed by atoms with Crippen molar-refractivity contribution in [1.29, 1.82) is 0 Å². The minimum Gasteiger partial charge on any atom is -0.381 e. The van der Waals surface area contributed by atoms with Gasteiger partial charge in [0.15, 0.2) is 0 Å². The van der Waals surface area contributed by atoms with Gasteiger partial charge in [-0.2, -0.15) is 0 Å². The lowest BCUT2D eigenvalue weighted by Crippen LogP contribution is -2.43. The third kappa shape index (κ3) is 3.76. The molecule has 1 saturated carbocycles. The molecule has 14 heavy (non-hydrogen) atoms. The van der Waals surface area contributed by atoms with Gasteiger partial charge < -0.3 is 10.1 Å². The molecule has 1 N–H and O–H groups in total. The molecule has 1 aliphatic carbocycles. The Labute approximate surface area is 92.3 Å². The predicted molar refractivity (Wildman–Crippen MR) is 61.0 cm³/mol. The standard InChI is InChI=1S/C11H22ClNO/c1-3-9(8-12)13-10-5-4-6-11(7-10)14-2/h9-11,13H,3-8H2,1-2H3. The predicted octanol–water partition coefficient (Wildman–Crippen LogP) is 2.55. The zero-order chi connectivity index (χ0) is 10.4. The maximum absolute atomic E-state index is 5.86. The first-order chi connectivity index (χ1) is 6.80. The lowest BCUT2D eigenvalue weighted by molar-refractivity contribution is 0.0573. The molecular formula is C11H22ClNO. The van der Waals surface area contributed by atoms with Gasteiger partial charge in [-0.15, -0.1) is 11.6 Å². The Morgan fingerprint density at radius 2 is 2.29 bits per heavy atom. The summed E-state index contributed by atoms with van der Waals surface area (Å²) < 4.78 is 5.40. The van der Waals surface area contributed by atoms with Gasteiger partial charge in [-0.3, -0.25) is 0 Å². The van der Waals surface area contributed by atoms with E-state index in [0.29, 0.717) is 24.1 Å². The first-order valence-corrected chi connectivity index (χ1v) is 6.18. The van der Waals surface area contributed by atoms with E-state index < -0.39 is 0 Å². The molecule has 0 saturated heterocycles. The first-order valence-electron chi connectivity index (χ1n) is 5.65. The molecule has 0 heterocycles. The highest BCUT2D eigenvalue weighted by atomic mass is 35.5. The van der Waals surface area contributed by atoms with E-state index in [1.165, 1.54) is 19.3 Å². The number of alkyl halides is 1. The maximum atomic E-state index is 5.86. The van der Waals surface area contributed by atoms with Crippen LogP contribution in [0, 0.1) is 0 Å². The molecule has 0 radical (unpaired) electrons. The second kappa shape index (κ2) is 6.65. The monoisotopic (exact) mass is 219 g/mol. The number of hydrogen-bond donors (Lipinski definition) is 1. The summed E-state index contributed by atoms with van der Waals surface area (Å²) in [5.41, 5.74) is 0. The Morgan fingerprint density at radius 1 is 1.50 bits per heavy atom. The van der Waals surface area contributed by atoms with E-state index in [4.69, 9.17) is 16.3 Å². The van der Waals surface area contributed by atoms with Crippen LogP contribution in [0.2, 0.25) is 0 Å². The summed E-state index contributed by atoms with van der Waals surface area (Å²) in [6.45, 7) is 2.18. The second-order valence-corrected chi connectivity index (χ2v) is 4.46. The van der Waals surface area contributed by atoms with Gasteiger partial charge in [-0.1, -0.05) is 6.92 Å². The van der Waals surface area contributed by atoms with Crippen molar-refractivity contribution in [3.8, 4) is 0 Å². The Hall–Kier alpha value is 0.210. The van der Waals surface area contributed by atoms with E-state index in [0.717, 1.165) is 12.8 Å². The Bertz CT molecular complexity index is 150. The van der Waals surface area contributed by atoms with Crippen molar-refractivity contribution in [2.45, 2.75) is 57.2 Å². The quantitative estimate of drug-likeness (QED) is 0.718. The summed E-state index contributed by atoms with van der Waals surface area (Å²) in [5.74, 6) is 0.713. The topological polar surface area (TPSA) is 21.3 Å². The van der Waals surface area contributed by atoms with Crippen molar-refractivity contribution in [2.24, 2.45) is 0 Å². The van der Waals surface area contributed by atoms with E-state index in [1.807, 2.05) is 7.11 Å². The van der Waals surface area contributed by atoms with Crippen molar-refractivity contribution >= 4 is 11.6 Å². The van der Waals surface area contributed by atoms with Crippen LogP contribution < -0.4 is 5.32 Å². The Morgan fingerprint density at radius 3 is 2.86 bits per heavy atom. The van der Waals surface area contributed by atoms with E-state index in [9.17, 15) is 0 Å². The van der Waals surface area contributed by atoms with Crippen LogP contribution in [0.5, 0.6) is 0 Å². The van der Waals surface area contributed by atoms with Crippen LogP contribution >= 0.6 is 11.6 Å². The molecule has 2 nitrogen and oxygen atoms in total. The highest BCUT2D eigenvalue weighted by Crippen LogP contribution is 2.21. The fraction of sp³-hybridized carbons (Fsp3) is 1.00. The smallest absolute Gasteiger partial charge is 0.0586 e. The van der Waals surface area contributed by atoms with Crippen molar-refractivity contribution in [1.82, 2.24) is 5.32 Å². The van der Waals surface area contributed by atoms with Crippen LogP contribution in [0.15, 0.2) is 0 Å². The van der Waals surface area contributed by atoms with Crippen molar-refractivity contribution < 1.29 is 4.74 Å². The van der Waals surface area contributed by atoms with Gasteiger partial charge in [0.1, 0.15) is 0 Å². The minimum atomic E-state index is 0.453. The molecule has 0 bridgehead atoms. The number of methoxy groups -OCH3 is 1. The number of ether oxygens (including phenoxy) is 1. The van der Waals surface area contributed by atoms with Gasteiger partial charge >= 0.3 is 0 Å². The van der Waals surface area contributed by atoms with Crippen LogP contribution in [0.4, 0.5) is 0 Å². The zero-order valence-electron chi connectivity index (χ0n) is 9.26. The number of nitrogens with one attached hydrogen (secondary N) is 1. The van der Waals surface area contributed by atoms with E-state index >= 15 is 0 Å². The van der Waals surface area contributed by atoms with Crippen molar-refractivity contribution in [2.75, 3.05) is 13.0 Å². The summed E-state index contributed by atoms with van der Waals surface area (Å²) >= 11 is 5.86. The highest BCUT2D eigenvalue weighted by Gasteiger charge is 2.22. The van der Waals surface area contributed by atoms with Crippen LogP contribution in [-0.4, -0.2) is 31.2 Å². The summed E-state index contributed by atoms with van der Waals surface area (Å²) in [6.07, 6.45) is 6.46. The Balaban J connectivity index is 2.29. The largest absolute Gasteiger partial charge is 0.381 e. The molecule has 0 aromatic carbocycles. The number of rotatable bonds is 5. The van der Waals surface area contributed by atoms with E-state index in [1.54, 1.807) is 0 Å². The fourth-order valence-corrected chi connectivity index (χ4v) is 2.42. The van der Waals surface area contributed by atoms with Gasteiger partial charge in [0, 0.05) is 25.1 Å². The van der Waals surface area contributed by atoms with Gasteiger partial charge in [0.05, 0.1) is 6.10 Å². The van der Waals surface area contributed by atoms with Crippen LogP contribution in [0.25, 0.3) is 0 Å². The van der Waals surface area contributed by atoms with Crippen molar-refractivity contribution in [3.63, 3.8) is 0 Å². The lowest BCUT2D eigenvalue weighted by atomic mass is 9.92. The van der Waals surface area contributed by atoms with Gasteiger partial charge in [-0.25, -0.2) is 0 Å². The first kappa shape index (κ1) is 12.3. The molecule has 0 spiro atoms. The molecule has 1 aliphatic rings. The molecule has 3 unspecified atom stereocenters. The SMILES string of the molecule is CCC(CCl)NC1CCCC(OC)C1. The molecule has 0 amide bonds. The fourth-order valence-electron chi connectivity index (χ4n) is 2.12. The summed E-state index contributed by atoms with van der Waals surface area (Å²) in [5, 5.41) is 3.61. The van der Waals surface area contributed by atoms with Gasteiger partial charge in [-0.05, 0) is 32.1 Å². The molecular weight excluding hydrogens is 198 g/mol. The maximum Gasteiger partial charge on any atom is 0.0586 e. The van der Waals surface area contributed by atoms with Gasteiger partial charge in [0.2, 0.25) is 0 Å². The van der Waals surface area contributed by atoms with Crippen LogP contribution in [0.3, 0.4) is 0 Å². The molecule has 1 rings (SSSR count). The number of halogens is 1. The minimum absolute atomic E-state index is 0.453. The molecule has 3 heteroatoms. The molecule has 0 aromatic rings. The second-order valence-electron chi connectivity index (χ2n) is 4.15. The van der Waals surface area contributed by atoms with Gasteiger partial charge in [0.25, 0.3) is 0 Å². The molecule has 0 aromatic heterocycles. The van der Waals surface area contributed by atoms with Crippen molar-refractivity contribution in [3.05, 3.63) is 0 Å². The molecule has 84 valence electrons. The Kier molecular flexibility index (Phi) is 5.83. The highest BCUT2D eigenvalue weighted by molar-refractivity contribution is 6.18. The molecule has 0 aliphatic heterocycles. The normalized spacial score (nSPS) is 30.2. The van der Waals surface area contributed by atoms with E-state index in [2.05, 4.69) is 12.2 Å². The zero-order valence-corrected chi connectivity index (χ0v) is 10.0. The third-order valence-electron chi connectivity index (χ3n) is 3.11. The average Bonchev–Trinajstić information content (AvgIpc) is 2.26. The molecule has 1 fully saturated rings. The molecule has 3 atom stereocenters. The summed E-state index contributed by atoms with van der Waals surface area (Å²) in [7, 11) is 1.81. The van der Waals surface area contributed by atoms with E-state index in [-0.39, 0.29) is 0 Å². The average molecular weight is 220 g/mol. The third-order valence-corrected chi connectivity index (χ3v) is 3.48. The lowest BCUT2D eigenvalue weighted by Gasteiger charge is -2.31. The number of hydrogen-bond acceptors (Lipinski definition) is 2. The summed E-state index contributed by atoms with van der Waals surface area (Å²) in [4.78, 5) is 0. The summed E-state index contributed by atoms with van der Waals surface area (Å²) in [6, 6.07) is 1.08. The van der Waals surface area contributed by atoms with Crippen LogP contribution in [-0.2, 0) is 4.74 Å². The van der Waals surface area contributed by atoms with Crippen LogP contribution in [0.1, 0.15) is 39.0 Å².